The van der Waals surface area contributed by atoms with Crippen molar-refractivity contribution in [3.05, 3.63) is 0 Å². The normalized spacial score (nSPS) is 25.0. The highest BCUT2D eigenvalue weighted by Crippen LogP contribution is 2.33. The number of carboxylic acids is 1. The Bertz CT molecular complexity index is 461. The SMILES string of the molecule is O=C(O)CCCCCNC(=O)CCCCC1SC[C@H]2NC(=O)N[C@@H]12. The van der Waals surface area contributed by atoms with Gasteiger partial charge in [0.05, 0.1) is 12.1 Å². The Hall–Kier alpha value is -1.44. The quantitative estimate of drug-likeness (QED) is 0.331. The molecule has 0 aromatic heterocycles. The molecular formula is C16H27N3O4S. The molecule has 0 saturated carbocycles. The van der Waals surface area contributed by atoms with Crippen LogP contribution in [0, 0.1) is 0 Å². The van der Waals surface area contributed by atoms with Crippen LogP contribution in [0.4, 0.5) is 4.79 Å². The van der Waals surface area contributed by atoms with Crippen LogP contribution < -0.4 is 16.0 Å². The first-order chi connectivity index (χ1) is 11.6. The lowest BCUT2D eigenvalue weighted by molar-refractivity contribution is -0.137. The molecule has 2 rings (SSSR count). The predicted octanol–water partition coefficient (Wildman–Crippen LogP) is 1.47. The van der Waals surface area contributed by atoms with Gasteiger partial charge >= 0.3 is 12.0 Å². The van der Waals surface area contributed by atoms with Gasteiger partial charge in [-0.15, -0.1) is 0 Å². The zero-order valence-electron chi connectivity index (χ0n) is 13.9. The molecule has 0 aromatic rings. The molecule has 2 aliphatic heterocycles. The van der Waals surface area contributed by atoms with E-state index in [2.05, 4.69) is 16.0 Å². The van der Waals surface area contributed by atoms with Gasteiger partial charge in [-0.2, -0.15) is 11.8 Å². The highest BCUT2D eigenvalue weighted by Gasteiger charge is 2.42. The highest BCUT2D eigenvalue weighted by molar-refractivity contribution is 8.00. The fraction of sp³-hybridized carbons (Fsp3) is 0.812. The number of amides is 3. The number of rotatable bonds is 11. The summed E-state index contributed by atoms with van der Waals surface area (Å²) in [5.41, 5.74) is 0. The minimum atomic E-state index is -0.765. The maximum atomic E-state index is 11.7. The molecule has 0 spiro atoms. The molecule has 0 bridgehead atoms. The fourth-order valence-electron chi connectivity index (χ4n) is 3.17. The summed E-state index contributed by atoms with van der Waals surface area (Å²) in [7, 11) is 0. The van der Waals surface area contributed by atoms with Crippen molar-refractivity contribution in [3.8, 4) is 0 Å². The van der Waals surface area contributed by atoms with Crippen molar-refractivity contribution >= 4 is 29.7 Å². The van der Waals surface area contributed by atoms with E-state index < -0.39 is 5.97 Å². The summed E-state index contributed by atoms with van der Waals surface area (Å²) in [5.74, 6) is 0.274. The molecule has 4 N–H and O–H groups in total. The maximum absolute atomic E-state index is 11.7. The summed E-state index contributed by atoms with van der Waals surface area (Å²) in [6, 6.07) is 0.442. The van der Waals surface area contributed by atoms with Gasteiger partial charge in [-0.1, -0.05) is 12.8 Å². The average Bonchev–Trinajstić information content (AvgIpc) is 3.06. The second-order valence-corrected chi connectivity index (χ2v) is 7.69. The van der Waals surface area contributed by atoms with Crippen LogP contribution in [0.25, 0.3) is 0 Å². The minimum absolute atomic E-state index is 0.0574. The Morgan fingerprint density at radius 2 is 1.92 bits per heavy atom. The first-order valence-electron chi connectivity index (χ1n) is 8.73. The molecule has 1 unspecified atom stereocenters. The van der Waals surface area contributed by atoms with E-state index in [1.165, 1.54) is 0 Å². The number of hydrogen-bond acceptors (Lipinski definition) is 4. The van der Waals surface area contributed by atoms with Crippen LogP contribution >= 0.6 is 11.8 Å². The largest absolute Gasteiger partial charge is 0.481 e. The molecule has 0 aliphatic carbocycles. The molecule has 2 saturated heterocycles. The number of unbranched alkanes of at least 4 members (excludes halogenated alkanes) is 3. The standard InChI is InChI=1S/C16H27N3O4S/c20-13(17-9-5-1-2-8-14(21)22)7-4-3-6-12-15-11(10-24-12)18-16(23)19-15/h11-12,15H,1-10H2,(H,17,20)(H,21,22)(H2,18,19,23)/t11-,12?,15-/m1/s1. The topological polar surface area (TPSA) is 108 Å². The third kappa shape index (κ3) is 6.22. The van der Waals surface area contributed by atoms with E-state index >= 15 is 0 Å². The summed E-state index contributed by atoms with van der Waals surface area (Å²) >= 11 is 1.90. The first-order valence-corrected chi connectivity index (χ1v) is 9.78. The third-order valence-electron chi connectivity index (χ3n) is 4.47. The molecule has 2 fully saturated rings. The number of aliphatic carboxylic acids is 1. The van der Waals surface area contributed by atoms with Crippen molar-refractivity contribution in [1.82, 2.24) is 16.0 Å². The number of fused-ring (bicyclic) bond motifs is 1. The van der Waals surface area contributed by atoms with Crippen LogP contribution in [0.2, 0.25) is 0 Å². The van der Waals surface area contributed by atoms with Gasteiger partial charge in [0, 0.05) is 30.4 Å². The summed E-state index contributed by atoms with van der Waals surface area (Å²) in [6.45, 7) is 0.623. The van der Waals surface area contributed by atoms with Gasteiger partial charge in [0.2, 0.25) is 5.91 Å². The molecule has 3 atom stereocenters. The second-order valence-electron chi connectivity index (χ2n) is 6.42. The van der Waals surface area contributed by atoms with Crippen molar-refractivity contribution in [2.75, 3.05) is 12.3 Å². The minimum Gasteiger partial charge on any atom is -0.481 e. The highest BCUT2D eigenvalue weighted by atomic mass is 32.2. The molecule has 0 aromatic carbocycles. The van der Waals surface area contributed by atoms with Gasteiger partial charge in [0.25, 0.3) is 0 Å². The van der Waals surface area contributed by atoms with Gasteiger partial charge in [-0.25, -0.2) is 4.79 Å². The van der Waals surface area contributed by atoms with Crippen molar-refractivity contribution in [3.63, 3.8) is 0 Å². The zero-order valence-corrected chi connectivity index (χ0v) is 14.7. The van der Waals surface area contributed by atoms with E-state index in [-0.39, 0.29) is 30.4 Å². The molecule has 24 heavy (non-hydrogen) atoms. The van der Waals surface area contributed by atoms with E-state index in [1.807, 2.05) is 11.8 Å². The fourth-order valence-corrected chi connectivity index (χ4v) is 4.71. The smallest absolute Gasteiger partial charge is 0.315 e. The van der Waals surface area contributed by atoms with Crippen molar-refractivity contribution in [2.24, 2.45) is 0 Å². The summed E-state index contributed by atoms with van der Waals surface area (Å²) < 4.78 is 0. The van der Waals surface area contributed by atoms with Crippen molar-refractivity contribution in [2.45, 2.75) is 68.7 Å². The third-order valence-corrected chi connectivity index (χ3v) is 5.98. The zero-order chi connectivity index (χ0) is 17.4. The molecule has 7 nitrogen and oxygen atoms in total. The van der Waals surface area contributed by atoms with Crippen LogP contribution in [-0.2, 0) is 9.59 Å². The Morgan fingerprint density at radius 3 is 2.71 bits per heavy atom. The molecule has 3 amide bonds. The van der Waals surface area contributed by atoms with Crippen molar-refractivity contribution in [1.29, 1.82) is 0 Å². The van der Waals surface area contributed by atoms with Crippen LogP contribution in [0.1, 0.15) is 51.4 Å². The van der Waals surface area contributed by atoms with Crippen LogP contribution in [0.5, 0.6) is 0 Å². The number of carbonyl (C=O) groups excluding carboxylic acids is 2. The van der Waals surface area contributed by atoms with Gasteiger partial charge in [0.1, 0.15) is 0 Å². The summed E-state index contributed by atoms with van der Waals surface area (Å²) in [6.07, 6.45) is 5.93. The van der Waals surface area contributed by atoms with E-state index in [4.69, 9.17) is 5.11 Å². The van der Waals surface area contributed by atoms with Gasteiger partial charge in [0.15, 0.2) is 0 Å². The molecule has 136 valence electrons. The maximum Gasteiger partial charge on any atom is 0.315 e. The van der Waals surface area contributed by atoms with Gasteiger partial charge in [-0.3, -0.25) is 9.59 Å². The van der Waals surface area contributed by atoms with E-state index in [0.717, 1.165) is 37.9 Å². The number of nitrogens with one attached hydrogen (secondary N) is 3. The number of thioether (sulfide) groups is 1. The Balaban J connectivity index is 1.45. The van der Waals surface area contributed by atoms with Crippen LogP contribution in [-0.4, -0.2) is 52.6 Å². The molecule has 8 heteroatoms. The Labute approximate surface area is 146 Å². The predicted molar refractivity (Wildman–Crippen MR) is 93.1 cm³/mol. The summed E-state index contributed by atoms with van der Waals surface area (Å²) in [4.78, 5) is 33.4. The van der Waals surface area contributed by atoms with Gasteiger partial charge < -0.3 is 21.1 Å². The number of hydrogen-bond donors (Lipinski definition) is 4. The van der Waals surface area contributed by atoms with Crippen LogP contribution in [0.3, 0.4) is 0 Å². The summed E-state index contributed by atoms with van der Waals surface area (Å²) in [5, 5.41) is 17.8. The first kappa shape index (κ1) is 18.9. The van der Waals surface area contributed by atoms with Crippen LogP contribution in [0.15, 0.2) is 0 Å². The average molecular weight is 357 g/mol. The lowest BCUT2D eigenvalue weighted by Gasteiger charge is -2.16. The van der Waals surface area contributed by atoms with Gasteiger partial charge in [-0.05, 0) is 25.7 Å². The monoisotopic (exact) mass is 357 g/mol. The molecule has 2 aliphatic rings. The number of carbonyl (C=O) groups is 3. The Kier molecular flexibility index (Phi) is 7.68. The van der Waals surface area contributed by atoms with E-state index in [1.54, 1.807) is 0 Å². The second kappa shape index (κ2) is 9.76. The molecular weight excluding hydrogens is 330 g/mol. The number of carboxylic acid groups (broad SMARTS) is 1. The molecule has 2 heterocycles. The molecule has 0 radical (unpaired) electrons. The number of urea groups is 1. The Morgan fingerprint density at radius 1 is 1.12 bits per heavy atom. The van der Waals surface area contributed by atoms with E-state index in [9.17, 15) is 14.4 Å². The van der Waals surface area contributed by atoms with E-state index in [0.29, 0.717) is 24.6 Å². The lowest BCUT2D eigenvalue weighted by Crippen LogP contribution is -2.36. The van der Waals surface area contributed by atoms with Crippen molar-refractivity contribution < 1.29 is 19.5 Å². The lowest BCUT2D eigenvalue weighted by atomic mass is 10.0.